The molecule has 2 fully saturated rings. The van der Waals surface area contributed by atoms with Crippen molar-refractivity contribution in [2.24, 2.45) is 0 Å². The van der Waals surface area contributed by atoms with E-state index in [0.717, 1.165) is 48.4 Å². The number of aliphatic carboxylic acids is 1. The van der Waals surface area contributed by atoms with E-state index in [-0.39, 0.29) is 11.9 Å². The van der Waals surface area contributed by atoms with Crippen LogP contribution in [0.2, 0.25) is 0 Å². The van der Waals surface area contributed by atoms with Crippen molar-refractivity contribution in [1.82, 2.24) is 9.80 Å². The SMILES string of the molecule is O=C(O)C1CC(N(CCCc2ccccc2)C2CSC2)CCN1C(=O)C(c1ccccc1)c1ccccc1. The lowest BCUT2D eigenvalue weighted by molar-refractivity contribution is -0.154. The highest BCUT2D eigenvalue weighted by molar-refractivity contribution is 8.00. The van der Waals surface area contributed by atoms with E-state index in [9.17, 15) is 14.7 Å². The number of aryl methyl sites for hydroxylation is 1. The summed E-state index contributed by atoms with van der Waals surface area (Å²) in [5.41, 5.74) is 3.13. The molecular weight excluding hydrogens is 492 g/mol. The number of carbonyl (C=O) groups is 2. The number of hydrogen-bond acceptors (Lipinski definition) is 4. The molecule has 3 aromatic carbocycles. The summed E-state index contributed by atoms with van der Waals surface area (Å²) in [5, 5.41) is 10.3. The van der Waals surface area contributed by atoms with Gasteiger partial charge in [-0.3, -0.25) is 9.69 Å². The normalized spacial score (nSPS) is 19.9. The molecule has 198 valence electrons. The van der Waals surface area contributed by atoms with E-state index >= 15 is 0 Å². The Morgan fingerprint density at radius 3 is 1.97 bits per heavy atom. The lowest BCUT2D eigenvalue weighted by Gasteiger charge is -2.47. The van der Waals surface area contributed by atoms with Crippen molar-refractivity contribution in [3.8, 4) is 0 Å². The average molecular weight is 529 g/mol. The van der Waals surface area contributed by atoms with Crippen LogP contribution in [0.15, 0.2) is 91.0 Å². The van der Waals surface area contributed by atoms with Gasteiger partial charge in [-0.2, -0.15) is 11.8 Å². The predicted molar refractivity (Wildman–Crippen MR) is 153 cm³/mol. The molecule has 2 unspecified atom stereocenters. The molecule has 1 N–H and O–H groups in total. The van der Waals surface area contributed by atoms with Crippen molar-refractivity contribution in [2.75, 3.05) is 24.6 Å². The molecule has 0 aliphatic carbocycles. The van der Waals surface area contributed by atoms with Gasteiger partial charge in [0.1, 0.15) is 6.04 Å². The first-order valence-electron chi connectivity index (χ1n) is 13.6. The first kappa shape index (κ1) is 26.5. The molecule has 0 bridgehead atoms. The van der Waals surface area contributed by atoms with Crippen molar-refractivity contribution in [2.45, 2.75) is 49.7 Å². The molecule has 5 nitrogen and oxygen atoms in total. The van der Waals surface area contributed by atoms with Crippen LogP contribution < -0.4 is 0 Å². The van der Waals surface area contributed by atoms with Gasteiger partial charge >= 0.3 is 5.97 Å². The lowest BCUT2D eigenvalue weighted by atomic mass is 9.87. The van der Waals surface area contributed by atoms with Gasteiger partial charge in [0.05, 0.1) is 5.92 Å². The third-order valence-corrected chi connectivity index (χ3v) is 9.18. The summed E-state index contributed by atoms with van der Waals surface area (Å²) >= 11 is 1.96. The molecule has 38 heavy (non-hydrogen) atoms. The zero-order chi connectivity index (χ0) is 26.3. The zero-order valence-corrected chi connectivity index (χ0v) is 22.5. The Balaban J connectivity index is 1.32. The number of amides is 1. The summed E-state index contributed by atoms with van der Waals surface area (Å²) in [6, 6.07) is 29.8. The number of benzene rings is 3. The van der Waals surface area contributed by atoms with E-state index in [0.29, 0.717) is 19.0 Å². The minimum atomic E-state index is -0.907. The van der Waals surface area contributed by atoms with Gasteiger partial charge in [-0.05, 0) is 48.9 Å². The molecule has 2 aliphatic rings. The van der Waals surface area contributed by atoms with E-state index in [4.69, 9.17) is 0 Å². The van der Waals surface area contributed by atoms with E-state index in [1.165, 1.54) is 5.56 Å². The molecule has 0 spiro atoms. The lowest BCUT2D eigenvalue weighted by Crippen LogP contribution is -2.59. The number of thioether (sulfide) groups is 1. The van der Waals surface area contributed by atoms with Crippen LogP contribution in [0.5, 0.6) is 0 Å². The molecule has 2 aliphatic heterocycles. The van der Waals surface area contributed by atoms with Crippen LogP contribution in [0.4, 0.5) is 0 Å². The molecule has 0 radical (unpaired) electrons. The van der Waals surface area contributed by atoms with E-state index in [2.05, 4.69) is 29.2 Å². The summed E-state index contributed by atoms with van der Waals surface area (Å²) in [7, 11) is 0. The third kappa shape index (κ3) is 6.13. The van der Waals surface area contributed by atoms with Gasteiger partial charge in [0.25, 0.3) is 0 Å². The second-order valence-electron chi connectivity index (χ2n) is 10.3. The molecule has 2 heterocycles. The van der Waals surface area contributed by atoms with Gasteiger partial charge in [0.2, 0.25) is 5.91 Å². The van der Waals surface area contributed by atoms with Gasteiger partial charge in [-0.15, -0.1) is 0 Å². The van der Waals surface area contributed by atoms with Crippen molar-refractivity contribution < 1.29 is 14.7 Å². The molecule has 2 atom stereocenters. The number of rotatable bonds is 10. The Hall–Kier alpha value is -3.09. The van der Waals surface area contributed by atoms with Gasteiger partial charge in [-0.25, -0.2) is 4.79 Å². The highest BCUT2D eigenvalue weighted by atomic mass is 32.2. The molecule has 5 rings (SSSR count). The maximum Gasteiger partial charge on any atom is 0.326 e. The first-order valence-corrected chi connectivity index (χ1v) is 14.8. The number of carbonyl (C=O) groups excluding carboxylic acids is 1. The highest BCUT2D eigenvalue weighted by Crippen LogP contribution is 2.34. The summed E-state index contributed by atoms with van der Waals surface area (Å²) < 4.78 is 0. The summed E-state index contributed by atoms with van der Waals surface area (Å²) in [4.78, 5) is 30.8. The molecule has 1 amide bonds. The van der Waals surface area contributed by atoms with Crippen LogP contribution in [0.25, 0.3) is 0 Å². The van der Waals surface area contributed by atoms with Gasteiger partial charge in [-0.1, -0.05) is 91.0 Å². The van der Waals surface area contributed by atoms with Crippen molar-refractivity contribution in [1.29, 1.82) is 0 Å². The Kier molecular flexibility index (Phi) is 8.82. The number of piperidine rings is 1. The van der Waals surface area contributed by atoms with Crippen molar-refractivity contribution in [3.63, 3.8) is 0 Å². The molecule has 0 saturated carbocycles. The molecule has 2 saturated heterocycles. The number of carboxylic acid groups (broad SMARTS) is 1. The minimum Gasteiger partial charge on any atom is -0.480 e. The topological polar surface area (TPSA) is 60.9 Å². The Labute approximate surface area is 229 Å². The standard InChI is InChI=1S/C32H36N2O3S/c35-31(30(25-14-6-2-7-15-25)26-16-8-3-9-17-26)34-20-18-27(21-29(34)32(36)37)33(28-22-38-23-28)19-10-13-24-11-4-1-5-12-24/h1-9,11-12,14-17,27-30H,10,13,18-23H2,(H,36,37). The van der Waals surface area contributed by atoms with Gasteiger partial charge in [0, 0.05) is 30.1 Å². The maximum atomic E-state index is 14.1. The van der Waals surface area contributed by atoms with Crippen LogP contribution in [0.1, 0.15) is 41.9 Å². The number of likely N-dealkylation sites (tertiary alicyclic amines) is 1. The largest absolute Gasteiger partial charge is 0.480 e. The average Bonchev–Trinajstić information content (AvgIpc) is 2.93. The van der Waals surface area contributed by atoms with Gasteiger partial charge < -0.3 is 10.0 Å². The summed E-state index contributed by atoms with van der Waals surface area (Å²) in [5.74, 6) is 0.664. The van der Waals surface area contributed by atoms with Gasteiger partial charge in [0.15, 0.2) is 0 Å². The quantitative estimate of drug-likeness (QED) is 0.386. The van der Waals surface area contributed by atoms with Crippen LogP contribution >= 0.6 is 11.8 Å². The summed E-state index contributed by atoms with van der Waals surface area (Å²) in [6.07, 6.45) is 3.35. The maximum absolute atomic E-state index is 14.1. The fraction of sp³-hybridized carbons (Fsp3) is 0.375. The number of carboxylic acids is 1. The molecular formula is C32H36N2O3S. The van der Waals surface area contributed by atoms with Crippen LogP contribution in [0, 0.1) is 0 Å². The smallest absolute Gasteiger partial charge is 0.326 e. The first-order chi connectivity index (χ1) is 18.6. The molecule has 6 heteroatoms. The molecule has 0 aromatic heterocycles. The zero-order valence-electron chi connectivity index (χ0n) is 21.7. The Morgan fingerprint density at radius 2 is 1.45 bits per heavy atom. The van der Waals surface area contributed by atoms with Crippen LogP contribution in [0.3, 0.4) is 0 Å². The van der Waals surface area contributed by atoms with E-state index in [1.54, 1.807) is 4.90 Å². The fourth-order valence-corrected chi connectivity index (χ4v) is 6.70. The van der Waals surface area contributed by atoms with Crippen LogP contribution in [-0.4, -0.2) is 69.5 Å². The molecule has 3 aromatic rings. The predicted octanol–water partition coefficient (Wildman–Crippen LogP) is 5.31. The highest BCUT2D eigenvalue weighted by Gasteiger charge is 2.42. The number of nitrogens with zero attached hydrogens (tertiary/aromatic N) is 2. The minimum absolute atomic E-state index is 0.122. The Morgan fingerprint density at radius 1 is 0.868 bits per heavy atom. The van der Waals surface area contributed by atoms with E-state index < -0.39 is 17.9 Å². The van der Waals surface area contributed by atoms with Crippen LogP contribution in [-0.2, 0) is 16.0 Å². The monoisotopic (exact) mass is 528 g/mol. The second-order valence-corrected chi connectivity index (χ2v) is 11.4. The van der Waals surface area contributed by atoms with Crippen molar-refractivity contribution >= 4 is 23.6 Å². The van der Waals surface area contributed by atoms with Crippen molar-refractivity contribution in [3.05, 3.63) is 108 Å². The van der Waals surface area contributed by atoms with E-state index in [1.807, 2.05) is 78.5 Å². The third-order valence-electron chi connectivity index (χ3n) is 7.94. The second kappa shape index (κ2) is 12.6. The fourth-order valence-electron chi connectivity index (χ4n) is 5.87. The number of hydrogen-bond donors (Lipinski definition) is 1. The Bertz CT molecular complexity index is 1150. The summed E-state index contributed by atoms with van der Waals surface area (Å²) in [6.45, 7) is 1.42.